The van der Waals surface area contributed by atoms with Crippen molar-refractivity contribution < 1.29 is 28.6 Å². The van der Waals surface area contributed by atoms with Crippen molar-refractivity contribution in [1.82, 2.24) is 15.0 Å². The number of rotatable bonds is 6. The predicted molar refractivity (Wildman–Crippen MR) is 108 cm³/mol. The largest absolute Gasteiger partial charge is 0.454 e. The highest BCUT2D eigenvalue weighted by molar-refractivity contribution is 6.05. The lowest BCUT2D eigenvalue weighted by molar-refractivity contribution is -0.119. The number of ketones is 1. The molecule has 31 heavy (non-hydrogen) atoms. The Balaban J connectivity index is 1.42. The van der Waals surface area contributed by atoms with Crippen LogP contribution in [0.5, 0.6) is 11.5 Å². The van der Waals surface area contributed by atoms with Gasteiger partial charge in [0.2, 0.25) is 6.79 Å². The molecule has 4 rings (SSSR count). The van der Waals surface area contributed by atoms with Gasteiger partial charge in [0.15, 0.2) is 29.6 Å². The van der Waals surface area contributed by atoms with Crippen LogP contribution in [0.3, 0.4) is 0 Å². The number of ether oxygens (including phenoxy) is 3. The molecule has 10 nitrogen and oxygen atoms in total. The number of anilines is 1. The van der Waals surface area contributed by atoms with E-state index in [1.807, 2.05) is 18.2 Å². The number of nitrogens with one attached hydrogen (secondary N) is 1. The van der Waals surface area contributed by atoms with Crippen molar-refractivity contribution in [3.8, 4) is 17.2 Å². The van der Waals surface area contributed by atoms with E-state index in [4.69, 9.17) is 14.2 Å². The molecule has 10 heteroatoms. The molecule has 0 aliphatic carbocycles. The number of hydrogen-bond donors (Lipinski definition) is 1. The zero-order chi connectivity index (χ0) is 22.0. The summed E-state index contributed by atoms with van der Waals surface area (Å²) in [4.78, 5) is 37.9. The monoisotopic (exact) mass is 422 g/mol. The van der Waals surface area contributed by atoms with E-state index in [0.717, 1.165) is 0 Å². The molecule has 0 unspecified atom stereocenters. The van der Waals surface area contributed by atoms with Gasteiger partial charge in [-0.15, -0.1) is 5.10 Å². The Morgan fingerprint density at radius 2 is 1.81 bits per heavy atom. The third-order valence-electron chi connectivity index (χ3n) is 4.46. The highest BCUT2D eigenvalue weighted by Gasteiger charge is 2.22. The fraction of sp³-hybridized carbons (Fsp3) is 0.190. The molecule has 0 atom stereocenters. The van der Waals surface area contributed by atoms with Crippen LogP contribution >= 0.6 is 0 Å². The van der Waals surface area contributed by atoms with E-state index in [9.17, 15) is 14.4 Å². The van der Waals surface area contributed by atoms with E-state index in [1.54, 1.807) is 19.1 Å². The summed E-state index contributed by atoms with van der Waals surface area (Å²) in [5.41, 5.74) is 1.55. The van der Waals surface area contributed by atoms with E-state index in [-0.39, 0.29) is 29.5 Å². The van der Waals surface area contributed by atoms with Gasteiger partial charge in [-0.1, -0.05) is 18.2 Å². The van der Waals surface area contributed by atoms with E-state index in [1.165, 1.54) is 23.9 Å². The molecule has 1 aromatic heterocycles. The molecule has 1 N–H and O–H groups in total. The number of benzene rings is 2. The fourth-order valence-corrected chi connectivity index (χ4v) is 2.97. The first-order valence-corrected chi connectivity index (χ1v) is 9.33. The molecule has 0 radical (unpaired) electrons. The van der Waals surface area contributed by atoms with Crippen LogP contribution in [0.1, 0.15) is 33.5 Å². The fourth-order valence-electron chi connectivity index (χ4n) is 2.97. The molecular weight excluding hydrogens is 404 g/mol. The van der Waals surface area contributed by atoms with Gasteiger partial charge in [-0.2, -0.15) is 9.90 Å². The van der Waals surface area contributed by atoms with Gasteiger partial charge in [-0.3, -0.25) is 9.59 Å². The Kier molecular flexibility index (Phi) is 5.35. The summed E-state index contributed by atoms with van der Waals surface area (Å²) in [7, 11) is 0. The first kappa shape index (κ1) is 20.1. The standard InChI is InChI=1S/C21H18N4O6/c1-12-20(24-25(23-12)14-6-4-3-5-7-14)21(28)29-10-19(27)22-16-9-18-17(30-11-31-18)8-15(16)13(2)26/h3-9H,10-11H2,1-2H3,(H,22,27). The second kappa shape index (κ2) is 8.27. The number of carbonyl (C=O) groups is 3. The normalized spacial score (nSPS) is 11.8. The van der Waals surface area contributed by atoms with Crippen molar-refractivity contribution in [3.63, 3.8) is 0 Å². The summed E-state index contributed by atoms with van der Waals surface area (Å²) in [5, 5.41) is 10.9. The van der Waals surface area contributed by atoms with E-state index >= 15 is 0 Å². The zero-order valence-electron chi connectivity index (χ0n) is 16.7. The minimum atomic E-state index is -0.785. The van der Waals surface area contributed by atoms with Gasteiger partial charge in [-0.25, -0.2) is 4.79 Å². The molecule has 0 bridgehead atoms. The number of Topliss-reactive ketones (excluding diaryl/α,β-unsaturated/α-hetero) is 1. The molecule has 2 aromatic carbocycles. The van der Waals surface area contributed by atoms with Crippen molar-refractivity contribution in [3.05, 3.63) is 59.4 Å². The maximum Gasteiger partial charge on any atom is 0.361 e. The predicted octanol–water partition coefficient (Wildman–Crippen LogP) is 2.30. The Hall–Kier alpha value is -4.21. The van der Waals surface area contributed by atoms with Crippen molar-refractivity contribution in [2.24, 2.45) is 0 Å². The van der Waals surface area contributed by atoms with Gasteiger partial charge in [0, 0.05) is 11.6 Å². The Morgan fingerprint density at radius 3 is 2.52 bits per heavy atom. The number of esters is 1. The molecule has 1 aliphatic heterocycles. The second-order valence-corrected chi connectivity index (χ2v) is 6.69. The first-order chi connectivity index (χ1) is 14.9. The van der Waals surface area contributed by atoms with Crippen LogP contribution in [0.2, 0.25) is 0 Å². The SMILES string of the molecule is CC(=O)c1cc2c(cc1NC(=O)COC(=O)c1nn(-c3ccccc3)nc1C)OCO2. The second-order valence-electron chi connectivity index (χ2n) is 6.69. The number of aryl methyl sites for hydroxylation is 1. The van der Waals surface area contributed by atoms with Crippen LogP contribution < -0.4 is 14.8 Å². The summed E-state index contributed by atoms with van der Waals surface area (Å²) in [6.45, 7) is 2.45. The van der Waals surface area contributed by atoms with Crippen molar-refractivity contribution in [1.29, 1.82) is 0 Å². The Morgan fingerprint density at radius 1 is 1.10 bits per heavy atom. The molecule has 158 valence electrons. The average molecular weight is 422 g/mol. The van der Waals surface area contributed by atoms with Crippen molar-refractivity contribution >= 4 is 23.3 Å². The maximum atomic E-state index is 12.4. The molecule has 0 fully saturated rings. The summed E-state index contributed by atoms with van der Waals surface area (Å²) >= 11 is 0. The third-order valence-corrected chi connectivity index (χ3v) is 4.46. The molecule has 3 aromatic rings. The zero-order valence-corrected chi connectivity index (χ0v) is 16.7. The Bertz CT molecular complexity index is 1170. The lowest BCUT2D eigenvalue weighted by Gasteiger charge is -2.10. The summed E-state index contributed by atoms with van der Waals surface area (Å²) in [6, 6.07) is 12.1. The van der Waals surface area contributed by atoms with Crippen LogP contribution in [0.15, 0.2) is 42.5 Å². The molecule has 1 aliphatic rings. The lowest BCUT2D eigenvalue weighted by Crippen LogP contribution is -2.22. The number of hydrogen-bond acceptors (Lipinski definition) is 8. The van der Waals surface area contributed by atoms with E-state index in [2.05, 4.69) is 15.5 Å². The van der Waals surface area contributed by atoms with E-state index in [0.29, 0.717) is 22.9 Å². The molecule has 0 spiro atoms. The average Bonchev–Trinajstić information content (AvgIpc) is 3.38. The van der Waals surface area contributed by atoms with Crippen molar-refractivity contribution in [2.75, 3.05) is 18.7 Å². The number of para-hydroxylation sites is 1. The lowest BCUT2D eigenvalue weighted by atomic mass is 10.1. The van der Waals surface area contributed by atoms with E-state index < -0.39 is 18.5 Å². The first-order valence-electron chi connectivity index (χ1n) is 9.33. The molecule has 0 saturated heterocycles. The van der Waals surface area contributed by atoms with Gasteiger partial charge in [0.25, 0.3) is 5.91 Å². The third kappa shape index (κ3) is 4.22. The minimum Gasteiger partial charge on any atom is -0.454 e. The number of aromatic nitrogens is 3. The van der Waals surface area contributed by atoms with Gasteiger partial charge >= 0.3 is 5.97 Å². The van der Waals surface area contributed by atoms with Gasteiger partial charge in [-0.05, 0) is 32.0 Å². The van der Waals surface area contributed by atoms with Gasteiger partial charge < -0.3 is 19.5 Å². The van der Waals surface area contributed by atoms with Crippen LogP contribution in [0, 0.1) is 6.92 Å². The summed E-state index contributed by atoms with van der Waals surface area (Å²) < 4.78 is 15.6. The van der Waals surface area contributed by atoms with Crippen LogP contribution in [0.25, 0.3) is 5.69 Å². The quantitative estimate of drug-likeness (QED) is 0.474. The number of fused-ring (bicyclic) bond motifs is 1. The molecule has 2 heterocycles. The Labute approximate surface area is 176 Å². The highest BCUT2D eigenvalue weighted by atomic mass is 16.7. The topological polar surface area (TPSA) is 122 Å². The highest BCUT2D eigenvalue weighted by Crippen LogP contribution is 2.37. The summed E-state index contributed by atoms with van der Waals surface area (Å²) in [6.07, 6.45) is 0. The number of nitrogens with zero attached hydrogens (tertiary/aromatic N) is 3. The molecular formula is C21H18N4O6. The van der Waals surface area contributed by atoms with Gasteiger partial charge in [0.05, 0.1) is 17.1 Å². The van der Waals surface area contributed by atoms with Crippen LogP contribution in [0.4, 0.5) is 5.69 Å². The van der Waals surface area contributed by atoms with Crippen molar-refractivity contribution in [2.45, 2.75) is 13.8 Å². The number of carbonyl (C=O) groups excluding carboxylic acids is 3. The maximum absolute atomic E-state index is 12.4. The number of amides is 1. The smallest absolute Gasteiger partial charge is 0.361 e. The van der Waals surface area contributed by atoms with Crippen LogP contribution in [-0.2, 0) is 9.53 Å². The molecule has 1 amide bonds. The molecule has 0 saturated carbocycles. The van der Waals surface area contributed by atoms with Gasteiger partial charge in [0.1, 0.15) is 0 Å². The minimum absolute atomic E-state index is 0.00385. The summed E-state index contributed by atoms with van der Waals surface area (Å²) in [5.74, 6) is -0.842. The van der Waals surface area contributed by atoms with Crippen LogP contribution in [-0.4, -0.2) is 46.1 Å².